The summed E-state index contributed by atoms with van der Waals surface area (Å²) in [6, 6.07) is 9.50. The summed E-state index contributed by atoms with van der Waals surface area (Å²) in [6.07, 6.45) is 0. The third-order valence-corrected chi connectivity index (χ3v) is 5.70. The fourth-order valence-electron chi connectivity index (χ4n) is 2.26. The molecule has 5 nitrogen and oxygen atoms in total. The molecule has 0 aliphatic heterocycles. The van der Waals surface area contributed by atoms with Crippen LogP contribution in [-0.4, -0.2) is 13.0 Å². The first kappa shape index (κ1) is 15.7. The molecule has 0 saturated carbocycles. The molecular weight excluding hydrogens is 339 g/mol. The maximum Gasteiger partial charge on any atom is 0.308 e. The summed E-state index contributed by atoms with van der Waals surface area (Å²) in [7, 11) is -3.80. The zero-order valence-corrected chi connectivity index (χ0v) is 13.7. The lowest BCUT2D eigenvalue weighted by atomic mass is 10.3. The van der Waals surface area contributed by atoms with E-state index in [9.17, 15) is 17.6 Å². The molecule has 1 aromatic heterocycles. The van der Waals surface area contributed by atoms with E-state index in [0.29, 0.717) is 16.9 Å². The normalized spacial score (nSPS) is 11.7. The summed E-state index contributed by atoms with van der Waals surface area (Å²) in [5, 5.41) is 0. The van der Waals surface area contributed by atoms with Crippen molar-refractivity contribution in [1.29, 1.82) is 0 Å². The summed E-state index contributed by atoms with van der Waals surface area (Å²) >= 11 is 1.06. The first-order valence-electron chi connectivity index (χ1n) is 6.82. The van der Waals surface area contributed by atoms with Crippen molar-refractivity contribution >= 4 is 37.3 Å². The van der Waals surface area contributed by atoms with Crippen LogP contribution in [0, 0.1) is 5.82 Å². The number of halogens is 1. The highest BCUT2D eigenvalue weighted by Crippen LogP contribution is 2.24. The average molecular weight is 352 g/mol. The van der Waals surface area contributed by atoms with Gasteiger partial charge in [-0.05, 0) is 49.4 Å². The summed E-state index contributed by atoms with van der Waals surface area (Å²) in [5.74, 6) is -0.504. The van der Waals surface area contributed by atoms with Crippen LogP contribution in [0.1, 0.15) is 6.92 Å². The third kappa shape index (κ3) is 2.99. The number of fused-ring (bicyclic) bond motifs is 1. The molecule has 3 rings (SSSR count). The first-order valence-corrected chi connectivity index (χ1v) is 9.12. The third-order valence-electron chi connectivity index (χ3n) is 3.36. The van der Waals surface area contributed by atoms with Gasteiger partial charge in [0.1, 0.15) is 5.82 Å². The van der Waals surface area contributed by atoms with Crippen LogP contribution in [0.15, 0.2) is 52.2 Å². The maximum absolute atomic E-state index is 12.9. The Morgan fingerprint density at radius 2 is 1.87 bits per heavy atom. The highest BCUT2D eigenvalue weighted by Gasteiger charge is 2.15. The molecule has 0 saturated heterocycles. The van der Waals surface area contributed by atoms with E-state index in [2.05, 4.69) is 4.72 Å². The van der Waals surface area contributed by atoms with Gasteiger partial charge in [0.05, 0.1) is 20.8 Å². The molecule has 23 heavy (non-hydrogen) atoms. The van der Waals surface area contributed by atoms with Crippen LogP contribution >= 0.6 is 11.3 Å². The Balaban J connectivity index is 1.98. The zero-order valence-electron chi connectivity index (χ0n) is 12.1. The van der Waals surface area contributed by atoms with Crippen molar-refractivity contribution in [2.75, 3.05) is 4.72 Å². The standard InChI is InChI=1S/C15H13FN2O3S2/c1-2-18-13-8-5-11(9-14(13)22-15(18)19)17-23(20,21)12-6-3-10(16)4-7-12/h3-9,17H,2H2,1H3. The molecular formula is C15H13FN2O3S2. The van der Waals surface area contributed by atoms with Crippen LogP contribution in [0.2, 0.25) is 0 Å². The van der Waals surface area contributed by atoms with Crippen molar-refractivity contribution in [1.82, 2.24) is 4.57 Å². The van der Waals surface area contributed by atoms with Gasteiger partial charge in [-0.15, -0.1) is 0 Å². The fourth-order valence-corrected chi connectivity index (χ4v) is 4.30. The van der Waals surface area contributed by atoms with E-state index in [0.717, 1.165) is 29.0 Å². The molecule has 0 atom stereocenters. The molecule has 0 amide bonds. The van der Waals surface area contributed by atoms with Crippen molar-refractivity contribution < 1.29 is 12.8 Å². The molecule has 0 radical (unpaired) electrons. The topological polar surface area (TPSA) is 68.2 Å². The Kier molecular flexibility index (Phi) is 3.95. The molecule has 120 valence electrons. The van der Waals surface area contributed by atoms with Gasteiger partial charge in [-0.2, -0.15) is 0 Å². The lowest BCUT2D eigenvalue weighted by molar-refractivity contribution is 0.599. The molecule has 0 fully saturated rings. The summed E-state index contributed by atoms with van der Waals surface area (Å²) in [6.45, 7) is 2.43. The molecule has 3 aromatic rings. The monoisotopic (exact) mass is 352 g/mol. The number of sulfonamides is 1. The molecule has 0 aliphatic carbocycles. The van der Waals surface area contributed by atoms with Crippen LogP contribution in [0.5, 0.6) is 0 Å². The Hall–Kier alpha value is -2.19. The second-order valence-corrected chi connectivity index (χ2v) is 7.53. The molecule has 2 aromatic carbocycles. The van der Waals surface area contributed by atoms with Gasteiger partial charge in [-0.3, -0.25) is 14.1 Å². The number of aryl methyl sites for hydroxylation is 1. The van der Waals surface area contributed by atoms with Crippen LogP contribution < -0.4 is 9.60 Å². The summed E-state index contributed by atoms with van der Waals surface area (Å²) in [4.78, 5) is 11.7. The van der Waals surface area contributed by atoms with Gasteiger partial charge in [0.25, 0.3) is 10.0 Å². The predicted octanol–water partition coefficient (Wildman–Crippen LogP) is 3.02. The minimum Gasteiger partial charge on any atom is -0.299 e. The SMILES string of the molecule is CCn1c(=O)sc2cc(NS(=O)(=O)c3ccc(F)cc3)ccc21. The first-order chi connectivity index (χ1) is 10.9. The van der Waals surface area contributed by atoms with E-state index in [-0.39, 0.29) is 9.77 Å². The van der Waals surface area contributed by atoms with E-state index in [1.165, 1.54) is 12.1 Å². The van der Waals surface area contributed by atoms with Crippen molar-refractivity contribution in [3.63, 3.8) is 0 Å². The molecule has 0 aliphatic rings. The smallest absolute Gasteiger partial charge is 0.299 e. The van der Waals surface area contributed by atoms with Crippen LogP contribution in [0.4, 0.5) is 10.1 Å². The zero-order chi connectivity index (χ0) is 16.6. The van der Waals surface area contributed by atoms with Crippen molar-refractivity contribution in [2.45, 2.75) is 18.4 Å². The molecule has 1 heterocycles. The predicted molar refractivity (Wildman–Crippen MR) is 89.0 cm³/mol. The quantitative estimate of drug-likeness (QED) is 0.785. The van der Waals surface area contributed by atoms with Gasteiger partial charge in [-0.25, -0.2) is 12.8 Å². The number of aromatic nitrogens is 1. The highest BCUT2D eigenvalue weighted by molar-refractivity contribution is 7.92. The fraction of sp³-hybridized carbons (Fsp3) is 0.133. The number of benzene rings is 2. The van der Waals surface area contributed by atoms with E-state index in [1.54, 1.807) is 22.8 Å². The van der Waals surface area contributed by atoms with Gasteiger partial charge in [0, 0.05) is 6.54 Å². The Bertz CT molecular complexity index is 1020. The Labute approximate surface area is 136 Å². The number of hydrogen-bond donors (Lipinski definition) is 1. The van der Waals surface area contributed by atoms with E-state index in [1.807, 2.05) is 6.92 Å². The number of nitrogens with one attached hydrogen (secondary N) is 1. The van der Waals surface area contributed by atoms with Crippen molar-refractivity contribution in [2.24, 2.45) is 0 Å². The van der Waals surface area contributed by atoms with Gasteiger partial charge < -0.3 is 0 Å². The van der Waals surface area contributed by atoms with E-state index >= 15 is 0 Å². The Morgan fingerprint density at radius 3 is 2.52 bits per heavy atom. The lowest BCUT2D eigenvalue weighted by Crippen LogP contribution is -2.13. The molecule has 0 unspecified atom stereocenters. The van der Waals surface area contributed by atoms with Gasteiger partial charge in [0.2, 0.25) is 0 Å². The van der Waals surface area contributed by atoms with Gasteiger partial charge in [-0.1, -0.05) is 11.3 Å². The second kappa shape index (κ2) is 5.78. The summed E-state index contributed by atoms with van der Waals surface area (Å²) in [5.41, 5.74) is 1.12. The minimum absolute atomic E-state index is 0.0293. The van der Waals surface area contributed by atoms with Gasteiger partial charge in [0.15, 0.2) is 0 Å². The molecule has 0 bridgehead atoms. The largest absolute Gasteiger partial charge is 0.308 e. The number of nitrogens with zero attached hydrogens (tertiary/aromatic N) is 1. The van der Waals surface area contributed by atoms with E-state index in [4.69, 9.17) is 0 Å². The molecule has 1 N–H and O–H groups in total. The number of hydrogen-bond acceptors (Lipinski definition) is 4. The second-order valence-electron chi connectivity index (χ2n) is 4.85. The van der Waals surface area contributed by atoms with Crippen molar-refractivity contribution in [3.8, 4) is 0 Å². The molecule has 8 heteroatoms. The number of rotatable bonds is 4. The van der Waals surface area contributed by atoms with Crippen molar-refractivity contribution in [3.05, 3.63) is 57.9 Å². The maximum atomic E-state index is 12.9. The van der Waals surface area contributed by atoms with Crippen LogP contribution in [0.25, 0.3) is 10.2 Å². The number of thiazole rings is 1. The number of anilines is 1. The van der Waals surface area contributed by atoms with Gasteiger partial charge >= 0.3 is 4.87 Å². The van der Waals surface area contributed by atoms with Crippen LogP contribution in [-0.2, 0) is 16.6 Å². The Morgan fingerprint density at radius 1 is 1.17 bits per heavy atom. The minimum atomic E-state index is -3.80. The highest BCUT2D eigenvalue weighted by atomic mass is 32.2. The summed E-state index contributed by atoms with van der Waals surface area (Å²) < 4.78 is 42.2. The van der Waals surface area contributed by atoms with Crippen LogP contribution in [0.3, 0.4) is 0 Å². The molecule has 0 spiro atoms. The average Bonchev–Trinajstić information content (AvgIpc) is 2.81. The van der Waals surface area contributed by atoms with E-state index < -0.39 is 15.8 Å². The lowest BCUT2D eigenvalue weighted by Gasteiger charge is -2.08.